The molecule has 52 heavy (non-hydrogen) atoms. The molecule has 0 amide bonds. The molecule has 0 radical (unpaired) electrons. The number of carbonyl (C=O) groups is 2. The van der Waals surface area contributed by atoms with Crippen molar-refractivity contribution in [1.82, 2.24) is 0 Å². The number of ether oxygens (including phenoxy) is 2. The van der Waals surface area contributed by atoms with Crippen LogP contribution in [-0.4, -0.2) is 59.4 Å². The van der Waals surface area contributed by atoms with Crippen molar-refractivity contribution < 1.29 is 27.9 Å². The Labute approximate surface area is 317 Å². The minimum absolute atomic E-state index is 0.000804. The van der Waals surface area contributed by atoms with Gasteiger partial charge in [0.2, 0.25) is 0 Å². The molecule has 6 nitrogen and oxygen atoms in total. The fourth-order valence-corrected chi connectivity index (χ4v) is 16.5. The summed E-state index contributed by atoms with van der Waals surface area (Å²) in [6.45, 7) is 22.4. The molecule has 1 saturated heterocycles. The van der Waals surface area contributed by atoms with Crippen LogP contribution in [0.15, 0.2) is 72.8 Å². The summed E-state index contributed by atoms with van der Waals surface area (Å²) in [6.07, 6.45) is 8.42. The lowest BCUT2D eigenvalue weighted by molar-refractivity contribution is -0.302. The van der Waals surface area contributed by atoms with E-state index in [4.69, 9.17) is 18.3 Å². The van der Waals surface area contributed by atoms with Crippen LogP contribution in [0.25, 0.3) is 0 Å². The molecule has 1 fully saturated rings. The van der Waals surface area contributed by atoms with Gasteiger partial charge >= 0.3 is 0 Å². The number of benzene rings is 2. The van der Waals surface area contributed by atoms with Crippen LogP contribution in [0.5, 0.6) is 0 Å². The van der Waals surface area contributed by atoms with Gasteiger partial charge in [-0.3, -0.25) is 4.79 Å². The standard InChI is InChI=1S/C44H68O6Si2/c1-11-51(12-2,13-3)50-41(30-33(4)32-45)42-39(34(5)24-27-40(42)46)26-25-35-31-36(49-44(9,10)48-35)28-29-47-52(43(6,7)8,37-20-16-14-17-21-37)38-22-18-15-19-23-38/h14-24,27,32-36,39,41-42H,11-13,25-26,28-31H2,1-10H3/t33-,34+,35+,36?,39+,41+,42-/m1/s1. The Morgan fingerprint density at radius 1 is 0.885 bits per heavy atom. The summed E-state index contributed by atoms with van der Waals surface area (Å²) in [6, 6.07) is 24.6. The summed E-state index contributed by atoms with van der Waals surface area (Å²) < 4.78 is 27.5. The molecule has 1 heterocycles. The Morgan fingerprint density at radius 2 is 1.42 bits per heavy atom. The SMILES string of the molecule is CC[Si](CC)(CC)O[C@@H](C[C@@H](C)C=O)[C@H]1C(=O)C=C[C@H](C)[C@@H]1CC[C@H]1CC(CCO[Si](c2ccccc2)(c2ccccc2)C(C)(C)C)OC(C)(C)O1. The van der Waals surface area contributed by atoms with E-state index in [-0.39, 0.29) is 52.8 Å². The highest BCUT2D eigenvalue weighted by Crippen LogP contribution is 2.42. The fraction of sp³-hybridized carbons (Fsp3) is 0.636. The molecule has 0 saturated carbocycles. The molecule has 7 atom stereocenters. The number of allylic oxidation sites excluding steroid dienone is 2. The number of ketones is 1. The Morgan fingerprint density at radius 3 is 1.92 bits per heavy atom. The Balaban J connectivity index is 1.52. The first kappa shape index (κ1) is 42.5. The first-order chi connectivity index (χ1) is 24.6. The second kappa shape index (κ2) is 18.4. The normalized spacial score (nSPS) is 25.1. The third-order valence-electron chi connectivity index (χ3n) is 12.0. The zero-order valence-corrected chi connectivity index (χ0v) is 35.9. The van der Waals surface area contributed by atoms with Crippen LogP contribution in [0.4, 0.5) is 0 Å². The molecule has 8 heteroatoms. The number of hydrogen-bond donors (Lipinski definition) is 0. The second-order valence-electron chi connectivity index (χ2n) is 17.1. The molecule has 1 aliphatic heterocycles. The molecular formula is C44H68O6Si2. The molecule has 0 aromatic heterocycles. The lowest BCUT2D eigenvalue weighted by Crippen LogP contribution is -2.66. The van der Waals surface area contributed by atoms with Gasteiger partial charge < -0.3 is 23.1 Å². The third-order valence-corrected chi connectivity index (χ3v) is 21.7. The van der Waals surface area contributed by atoms with Crippen LogP contribution in [0.2, 0.25) is 23.2 Å². The second-order valence-corrected chi connectivity index (χ2v) is 26.1. The van der Waals surface area contributed by atoms with Crippen LogP contribution >= 0.6 is 0 Å². The van der Waals surface area contributed by atoms with Crippen LogP contribution in [0.3, 0.4) is 0 Å². The summed E-state index contributed by atoms with van der Waals surface area (Å²) in [5.74, 6) is -0.664. The van der Waals surface area contributed by atoms with E-state index in [2.05, 4.69) is 115 Å². The predicted octanol–water partition coefficient (Wildman–Crippen LogP) is 9.27. The fourth-order valence-electron chi connectivity index (χ4n) is 9.01. The number of hydrogen-bond acceptors (Lipinski definition) is 6. The predicted molar refractivity (Wildman–Crippen MR) is 218 cm³/mol. The van der Waals surface area contributed by atoms with Gasteiger partial charge in [0.05, 0.1) is 24.2 Å². The van der Waals surface area contributed by atoms with E-state index >= 15 is 0 Å². The van der Waals surface area contributed by atoms with Crippen molar-refractivity contribution in [1.29, 1.82) is 0 Å². The van der Waals surface area contributed by atoms with Gasteiger partial charge in [0.15, 0.2) is 19.9 Å². The summed E-state index contributed by atoms with van der Waals surface area (Å²) in [5.41, 5.74) is 0. The molecule has 2 aliphatic rings. The lowest BCUT2D eigenvalue weighted by Gasteiger charge is -2.45. The van der Waals surface area contributed by atoms with E-state index in [1.807, 2.05) is 20.8 Å². The van der Waals surface area contributed by atoms with Crippen molar-refractivity contribution in [2.45, 2.75) is 149 Å². The maximum Gasteiger partial charge on any atom is 0.261 e. The molecule has 288 valence electrons. The van der Waals surface area contributed by atoms with E-state index < -0.39 is 22.4 Å². The van der Waals surface area contributed by atoms with Crippen LogP contribution in [-0.2, 0) is 27.9 Å². The zero-order chi connectivity index (χ0) is 38.2. The van der Waals surface area contributed by atoms with Crippen LogP contribution in [0.1, 0.15) is 101 Å². The number of rotatable bonds is 18. The Hall–Kier alpha value is -2.21. The molecule has 1 aliphatic carbocycles. The van der Waals surface area contributed by atoms with Crippen molar-refractivity contribution in [3.05, 3.63) is 72.8 Å². The average Bonchev–Trinajstić information content (AvgIpc) is 3.12. The van der Waals surface area contributed by atoms with Gasteiger partial charge in [-0.2, -0.15) is 0 Å². The van der Waals surface area contributed by atoms with Crippen LogP contribution in [0, 0.1) is 23.7 Å². The van der Waals surface area contributed by atoms with Gasteiger partial charge in [-0.05, 0) is 91.0 Å². The van der Waals surface area contributed by atoms with E-state index in [1.165, 1.54) is 10.4 Å². The summed E-state index contributed by atoms with van der Waals surface area (Å²) in [7, 11) is -4.69. The average molecular weight is 749 g/mol. The van der Waals surface area contributed by atoms with Crippen molar-refractivity contribution in [2.24, 2.45) is 23.7 Å². The third kappa shape index (κ3) is 10.1. The van der Waals surface area contributed by atoms with E-state index in [9.17, 15) is 9.59 Å². The number of carbonyl (C=O) groups excluding carboxylic acids is 2. The monoisotopic (exact) mass is 748 g/mol. The topological polar surface area (TPSA) is 71.1 Å². The van der Waals surface area contributed by atoms with Crippen molar-refractivity contribution in [3.63, 3.8) is 0 Å². The summed E-state index contributed by atoms with van der Waals surface area (Å²) >= 11 is 0. The van der Waals surface area contributed by atoms with Crippen molar-refractivity contribution >= 4 is 39.1 Å². The maximum absolute atomic E-state index is 13.8. The van der Waals surface area contributed by atoms with Gasteiger partial charge in [0.1, 0.15) is 6.29 Å². The maximum atomic E-state index is 13.8. The molecule has 2 aromatic rings. The molecule has 4 rings (SSSR count). The smallest absolute Gasteiger partial charge is 0.261 e. The highest BCUT2D eigenvalue weighted by atomic mass is 28.4. The highest BCUT2D eigenvalue weighted by molar-refractivity contribution is 6.99. The number of aldehydes is 1. The molecule has 0 bridgehead atoms. The molecular weight excluding hydrogens is 681 g/mol. The van der Waals surface area contributed by atoms with Gasteiger partial charge in [-0.1, -0.05) is 122 Å². The minimum Gasteiger partial charge on any atom is -0.413 e. The van der Waals surface area contributed by atoms with Gasteiger partial charge in [0, 0.05) is 18.9 Å². The minimum atomic E-state index is -2.65. The molecule has 1 unspecified atom stereocenters. The lowest BCUT2D eigenvalue weighted by atomic mass is 9.69. The Bertz CT molecular complexity index is 1390. The van der Waals surface area contributed by atoms with Crippen molar-refractivity contribution in [2.75, 3.05) is 6.61 Å². The van der Waals surface area contributed by atoms with E-state index in [1.54, 1.807) is 6.08 Å². The summed E-state index contributed by atoms with van der Waals surface area (Å²) in [4.78, 5) is 25.7. The van der Waals surface area contributed by atoms with Gasteiger partial charge in [0.25, 0.3) is 8.32 Å². The molecule has 0 N–H and O–H groups in total. The molecule has 2 aromatic carbocycles. The first-order valence-corrected chi connectivity index (χ1v) is 24.5. The molecule has 0 spiro atoms. The Kier molecular flexibility index (Phi) is 15.1. The van der Waals surface area contributed by atoms with E-state index in [0.717, 1.165) is 50.1 Å². The quantitative estimate of drug-likeness (QED) is 0.112. The van der Waals surface area contributed by atoms with Gasteiger partial charge in [-0.25, -0.2) is 0 Å². The van der Waals surface area contributed by atoms with Crippen LogP contribution < -0.4 is 10.4 Å². The summed E-state index contributed by atoms with van der Waals surface area (Å²) in [5, 5.41) is 2.47. The zero-order valence-electron chi connectivity index (χ0n) is 33.9. The largest absolute Gasteiger partial charge is 0.413 e. The van der Waals surface area contributed by atoms with E-state index in [0.29, 0.717) is 13.0 Å². The highest BCUT2D eigenvalue weighted by Gasteiger charge is 2.50. The van der Waals surface area contributed by atoms with Crippen molar-refractivity contribution in [3.8, 4) is 0 Å². The first-order valence-electron chi connectivity index (χ1n) is 20.1. The van der Waals surface area contributed by atoms with Gasteiger partial charge in [-0.15, -0.1) is 0 Å².